The van der Waals surface area contributed by atoms with Crippen LogP contribution in [0.15, 0.2) is 50.6 Å². The highest BCUT2D eigenvalue weighted by Gasteiger charge is 2.36. The number of carbonyl (C=O) groups is 1. The van der Waals surface area contributed by atoms with Crippen LogP contribution in [-0.4, -0.2) is 50.2 Å². The molecule has 172 valence electrons. The molecule has 8 nitrogen and oxygen atoms in total. The number of carbonyl (C=O) groups excluding carboxylic acids is 1. The van der Waals surface area contributed by atoms with E-state index in [9.17, 15) is 4.79 Å². The van der Waals surface area contributed by atoms with Gasteiger partial charge in [0.05, 0.1) is 22.6 Å². The lowest BCUT2D eigenvalue weighted by atomic mass is 10.1. The second-order valence-electron chi connectivity index (χ2n) is 8.72. The Labute approximate surface area is 200 Å². The minimum Gasteiger partial charge on any atom is -0.467 e. The second-order valence-corrected chi connectivity index (χ2v) is 10.6. The highest BCUT2D eigenvalue weighted by atomic mass is 32.2. The van der Waals surface area contributed by atoms with E-state index in [0.29, 0.717) is 12.5 Å². The van der Waals surface area contributed by atoms with E-state index >= 15 is 0 Å². The molecule has 10 heteroatoms. The lowest BCUT2D eigenvalue weighted by Crippen LogP contribution is -2.32. The number of anilines is 1. The Balaban J connectivity index is 1.20. The van der Waals surface area contributed by atoms with Crippen molar-refractivity contribution in [1.29, 1.82) is 0 Å². The summed E-state index contributed by atoms with van der Waals surface area (Å²) in [6, 6.07) is 8.08. The summed E-state index contributed by atoms with van der Waals surface area (Å²) in [5.74, 6) is 1.96. The van der Waals surface area contributed by atoms with Gasteiger partial charge in [-0.05, 0) is 55.7 Å². The number of aromatic nitrogens is 3. The zero-order chi connectivity index (χ0) is 22.2. The van der Waals surface area contributed by atoms with Gasteiger partial charge < -0.3 is 9.32 Å². The number of thioether (sulfide) groups is 1. The smallest absolute Gasteiger partial charge is 0.253 e. The highest BCUT2D eigenvalue weighted by molar-refractivity contribution is 7.99. The molecular weight excluding hydrogens is 456 g/mol. The largest absolute Gasteiger partial charge is 0.467 e. The summed E-state index contributed by atoms with van der Waals surface area (Å²) in [6.45, 7) is 2.07. The lowest BCUT2D eigenvalue weighted by molar-refractivity contribution is -0.130. The van der Waals surface area contributed by atoms with E-state index in [1.165, 1.54) is 31.0 Å². The predicted molar refractivity (Wildman–Crippen MR) is 129 cm³/mol. The van der Waals surface area contributed by atoms with Crippen molar-refractivity contribution >= 4 is 40.7 Å². The normalized spacial score (nSPS) is 21.0. The Morgan fingerprint density at radius 3 is 2.76 bits per heavy atom. The summed E-state index contributed by atoms with van der Waals surface area (Å²) >= 11 is 3.11. The van der Waals surface area contributed by atoms with Gasteiger partial charge in [0.2, 0.25) is 5.95 Å². The fourth-order valence-electron chi connectivity index (χ4n) is 4.56. The minimum absolute atomic E-state index is 0.0437. The van der Waals surface area contributed by atoms with Crippen molar-refractivity contribution in [2.45, 2.75) is 55.8 Å². The van der Waals surface area contributed by atoms with Crippen LogP contribution in [0, 0.1) is 0 Å². The first kappa shape index (κ1) is 21.0. The van der Waals surface area contributed by atoms with E-state index < -0.39 is 0 Å². The number of amides is 1. The maximum atomic E-state index is 13.3. The van der Waals surface area contributed by atoms with E-state index in [2.05, 4.69) is 19.7 Å². The fourth-order valence-corrected chi connectivity index (χ4v) is 6.13. The van der Waals surface area contributed by atoms with Crippen LogP contribution in [-0.2, 0) is 4.79 Å². The SMILES string of the molecule is O=C(CSc1nnc(N2CCCCC2)n1C1CC1)N1N=C(c2cccs2)CC1c1ccco1. The van der Waals surface area contributed by atoms with Crippen LogP contribution < -0.4 is 4.90 Å². The van der Waals surface area contributed by atoms with Crippen molar-refractivity contribution in [3.63, 3.8) is 0 Å². The summed E-state index contributed by atoms with van der Waals surface area (Å²) in [5, 5.41) is 18.2. The molecule has 0 N–H and O–H groups in total. The van der Waals surface area contributed by atoms with Crippen LogP contribution in [0.3, 0.4) is 0 Å². The molecule has 0 aromatic carbocycles. The van der Waals surface area contributed by atoms with Gasteiger partial charge >= 0.3 is 0 Å². The molecule has 33 heavy (non-hydrogen) atoms. The van der Waals surface area contributed by atoms with Crippen LogP contribution in [0.4, 0.5) is 5.95 Å². The van der Waals surface area contributed by atoms with E-state index in [0.717, 1.165) is 53.4 Å². The predicted octanol–water partition coefficient (Wildman–Crippen LogP) is 4.73. The molecule has 1 atom stereocenters. The second kappa shape index (κ2) is 8.98. The van der Waals surface area contributed by atoms with Crippen molar-refractivity contribution in [3.8, 4) is 0 Å². The topological polar surface area (TPSA) is 79.8 Å². The molecule has 5 heterocycles. The summed E-state index contributed by atoms with van der Waals surface area (Å²) in [6.07, 6.45) is 8.30. The Morgan fingerprint density at radius 1 is 1.15 bits per heavy atom. The Hall–Kier alpha value is -2.59. The third kappa shape index (κ3) is 4.21. The number of hydrogen-bond donors (Lipinski definition) is 0. The standard InChI is InChI=1S/C23H26N6O2S2/c30-21(29-18(19-6-4-12-31-19)14-17(26-29)20-7-5-13-32-20)15-33-23-25-24-22(28(23)16-8-9-16)27-10-2-1-3-11-27/h4-7,12-13,16,18H,1-3,8-11,14-15H2. The van der Waals surface area contributed by atoms with Gasteiger partial charge in [-0.2, -0.15) is 5.10 Å². The first-order valence-electron chi connectivity index (χ1n) is 11.6. The van der Waals surface area contributed by atoms with E-state index in [1.807, 2.05) is 29.6 Å². The average molecular weight is 483 g/mol. The van der Waals surface area contributed by atoms with Crippen molar-refractivity contribution in [2.75, 3.05) is 23.7 Å². The average Bonchev–Trinajstić information content (AvgIpc) is 3.34. The number of hydrogen-bond acceptors (Lipinski definition) is 8. The molecule has 0 radical (unpaired) electrons. The molecule has 1 amide bonds. The van der Waals surface area contributed by atoms with E-state index in [4.69, 9.17) is 9.52 Å². The molecule has 3 aromatic heterocycles. The van der Waals surface area contributed by atoms with Gasteiger partial charge in [0, 0.05) is 25.6 Å². The first-order valence-corrected chi connectivity index (χ1v) is 13.4. The molecule has 1 saturated carbocycles. The maximum absolute atomic E-state index is 13.3. The summed E-state index contributed by atoms with van der Waals surface area (Å²) in [5.41, 5.74) is 0.929. The molecule has 6 rings (SSSR count). The van der Waals surface area contributed by atoms with Crippen LogP contribution in [0.25, 0.3) is 0 Å². The molecule has 1 unspecified atom stereocenters. The summed E-state index contributed by atoms with van der Waals surface area (Å²) < 4.78 is 7.91. The summed E-state index contributed by atoms with van der Waals surface area (Å²) in [7, 11) is 0. The number of piperidine rings is 1. The number of furan rings is 1. The van der Waals surface area contributed by atoms with Crippen molar-refractivity contribution in [3.05, 3.63) is 46.5 Å². The zero-order valence-electron chi connectivity index (χ0n) is 18.3. The number of hydrazone groups is 1. The van der Waals surface area contributed by atoms with Gasteiger partial charge in [-0.25, -0.2) is 5.01 Å². The molecule has 0 bridgehead atoms. The quantitative estimate of drug-likeness (QED) is 0.453. The van der Waals surface area contributed by atoms with Crippen molar-refractivity contribution < 1.29 is 9.21 Å². The monoisotopic (exact) mass is 482 g/mol. The fraction of sp³-hybridized carbons (Fsp3) is 0.478. The first-order chi connectivity index (χ1) is 16.3. The number of rotatable bonds is 7. The minimum atomic E-state index is -0.213. The molecule has 3 aromatic rings. The molecule has 0 spiro atoms. The van der Waals surface area contributed by atoms with Gasteiger partial charge in [0.1, 0.15) is 11.8 Å². The van der Waals surface area contributed by atoms with Crippen LogP contribution in [0.5, 0.6) is 0 Å². The van der Waals surface area contributed by atoms with Crippen LogP contribution in [0.1, 0.15) is 61.2 Å². The Bertz CT molecular complexity index is 1130. The van der Waals surface area contributed by atoms with Gasteiger partial charge in [-0.15, -0.1) is 21.5 Å². The molecular formula is C23H26N6O2S2. The third-order valence-electron chi connectivity index (χ3n) is 6.37. The van der Waals surface area contributed by atoms with E-state index in [-0.39, 0.29) is 17.7 Å². The number of nitrogens with zero attached hydrogens (tertiary/aromatic N) is 6. The Kier molecular flexibility index (Phi) is 5.71. The Morgan fingerprint density at radius 2 is 2.03 bits per heavy atom. The molecule has 2 fully saturated rings. The van der Waals surface area contributed by atoms with Crippen molar-refractivity contribution in [1.82, 2.24) is 19.8 Å². The molecule has 2 aliphatic heterocycles. The highest BCUT2D eigenvalue weighted by Crippen LogP contribution is 2.42. The zero-order valence-corrected chi connectivity index (χ0v) is 19.9. The third-order valence-corrected chi connectivity index (χ3v) is 8.21. The van der Waals surface area contributed by atoms with Gasteiger partial charge in [0.15, 0.2) is 5.16 Å². The van der Waals surface area contributed by atoms with Crippen LogP contribution in [0.2, 0.25) is 0 Å². The molecule has 1 saturated heterocycles. The molecule has 3 aliphatic rings. The van der Waals surface area contributed by atoms with Gasteiger partial charge in [0.25, 0.3) is 5.91 Å². The maximum Gasteiger partial charge on any atom is 0.253 e. The number of thiophene rings is 1. The van der Waals surface area contributed by atoms with Gasteiger partial charge in [-0.3, -0.25) is 9.36 Å². The lowest BCUT2D eigenvalue weighted by Gasteiger charge is -2.27. The van der Waals surface area contributed by atoms with Crippen molar-refractivity contribution in [2.24, 2.45) is 5.10 Å². The van der Waals surface area contributed by atoms with E-state index in [1.54, 1.807) is 22.6 Å². The van der Waals surface area contributed by atoms with Gasteiger partial charge in [-0.1, -0.05) is 17.8 Å². The summed E-state index contributed by atoms with van der Waals surface area (Å²) in [4.78, 5) is 16.8. The molecule has 1 aliphatic carbocycles. The van der Waals surface area contributed by atoms with Crippen LogP contribution >= 0.6 is 23.1 Å².